The van der Waals surface area contributed by atoms with Crippen LogP contribution in [0.25, 0.3) is 5.69 Å². The fourth-order valence-electron chi connectivity index (χ4n) is 4.94. The fraction of sp³-hybridized carbons (Fsp3) is 0.207. The van der Waals surface area contributed by atoms with E-state index in [9.17, 15) is 4.79 Å². The number of benzene rings is 3. The molecule has 6 heteroatoms. The molecule has 1 aromatic heterocycles. The van der Waals surface area contributed by atoms with Gasteiger partial charge in [0.1, 0.15) is 13.2 Å². The van der Waals surface area contributed by atoms with Crippen molar-refractivity contribution in [2.24, 2.45) is 0 Å². The molecule has 0 saturated heterocycles. The van der Waals surface area contributed by atoms with E-state index in [1.165, 1.54) is 5.56 Å². The quantitative estimate of drug-likeness (QED) is 0.407. The number of aromatic nitrogens is 1. The number of anilines is 1. The molecule has 0 unspecified atom stereocenters. The summed E-state index contributed by atoms with van der Waals surface area (Å²) in [7, 11) is 0. The first-order chi connectivity index (χ1) is 17.2. The number of carbonyl (C=O) groups excluding carboxylic acids is 1. The summed E-state index contributed by atoms with van der Waals surface area (Å²) in [5.41, 5.74) is 6.26. The Bertz CT molecular complexity index is 1380. The van der Waals surface area contributed by atoms with E-state index in [-0.39, 0.29) is 12.1 Å². The van der Waals surface area contributed by atoms with Crippen molar-refractivity contribution < 1.29 is 14.3 Å². The number of para-hydroxylation sites is 1. The Labute approximate surface area is 204 Å². The molecule has 2 aliphatic rings. The number of urea groups is 1. The van der Waals surface area contributed by atoms with Gasteiger partial charge in [-0.15, -0.1) is 0 Å². The molecule has 1 atom stereocenters. The lowest BCUT2D eigenvalue weighted by molar-refractivity contribution is 0.171. The first-order valence-electron chi connectivity index (χ1n) is 12.0. The van der Waals surface area contributed by atoms with Crippen molar-refractivity contribution >= 4 is 11.7 Å². The molecule has 3 heterocycles. The van der Waals surface area contributed by atoms with Crippen LogP contribution in [0, 0.1) is 0 Å². The van der Waals surface area contributed by atoms with Gasteiger partial charge in [-0.25, -0.2) is 4.79 Å². The molecule has 0 spiro atoms. The van der Waals surface area contributed by atoms with E-state index >= 15 is 0 Å². The SMILES string of the molecule is CCc1ccc([C@@H]2c3cccn3-c3ccccc3CN2C(=O)Nc2ccc3c(c2)OCCO3)cc1. The van der Waals surface area contributed by atoms with Gasteiger partial charge in [-0.05, 0) is 53.4 Å². The summed E-state index contributed by atoms with van der Waals surface area (Å²) in [6.45, 7) is 3.66. The molecule has 0 bridgehead atoms. The van der Waals surface area contributed by atoms with Crippen molar-refractivity contribution in [3.8, 4) is 17.2 Å². The van der Waals surface area contributed by atoms with Gasteiger partial charge < -0.3 is 24.3 Å². The molecule has 4 aromatic rings. The Morgan fingerprint density at radius 3 is 2.57 bits per heavy atom. The van der Waals surface area contributed by atoms with Gasteiger partial charge in [0.15, 0.2) is 11.5 Å². The minimum atomic E-state index is -0.250. The van der Waals surface area contributed by atoms with Gasteiger partial charge >= 0.3 is 6.03 Å². The number of hydrogen-bond donors (Lipinski definition) is 1. The number of amides is 2. The molecule has 0 radical (unpaired) electrons. The Kier molecular flexibility index (Phi) is 5.41. The molecule has 2 aliphatic heterocycles. The lowest BCUT2D eigenvalue weighted by atomic mass is 10.00. The largest absolute Gasteiger partial charge is 0.486 e. The predicted molar refractivity (Wildman–Crippen MR) is 135 cm³/mol. The van der Waals surface area contributed by atoms with Crippen LogP contribution >= 0.6 is 0 Å². The monoisotopic (exact) mass is 465 g/mol. The van der Waals surface area contributed by atoms with Gasteiger partial charge in [-0.3, -0.25) is 0 Å². The van der Waals surface area contributed by atoms with Gasteiger partial charge in [-0.1, -0.05) is 49.4 Å². The van der Waals surface area contributed by atoms with Gasteiger partial charge in [0, 0.05) is 23.6 Å². The smallest absolute Gasteiger partial charge is 0.322 e. The standard InChI is InChI=1S/C29H27N3O3/c1-2-20-9-11-21(12-10-20)28-25-8-5-15-31(25)24-7-4-3-6-22(24)19-32(28)29(33)30-23-13-14-26-27(18-23)35-17-16-34-26/h3-15,18,28H,2,16-17,19H2,1H3,(H,30,33)/t28-/m1/s1. The normalized spacial score (nSPS) is 16.1. The molecule has 35 heavy (non-hydrogen) atoms. The number of nitrogens with zero attached hydrogens (tertiary/aromatic N) is 2. The third-order valence-corrected chi connectivity index (χ3v) is 6.72. The van der Waals surface area contributed by atoms with Crippen LogP contribution in [0.5, 0.6) is 11.5 Å². The van der Waals surface area contributed by atoms with Crippen LogP contribution in [0.4, 0.5) is 10.5 Å². The summed E-state index contributed by atoms with van der Waals surface area (Å²) in [5, 5.41) is 3.11. The van der Waals surface area contributed by atoms with Crippen molar-refractivity contribution in [3.05, 3.63) is 107 Å². The molecule has 0 fully saturated rings. The molecule has 6 nitrogen and oxygen atoms in total. The van der Waals surface area contributed by atoms with Crippen LogP contribution in [0.15, 0.2) is 85.1 Å². The van der Waals surface area contributed by atoms with Gasteiger partial charge in [0.05, 0.1) is 18.3 Å². The third-order valence-electron chi connectivity index (χ3n) is 6.72. The second-order valence-corrected chi connectivity index (χ2v) is 8.85. The van der Waals surface area contributed by atoms with Gasteiger partial charge in [-0.2, -0.15) is 0 Å². The number of aryl methyl sites for hydroxylation is 1. The maximum atomic E-state index is 13.9. The number of hydrogen-bond acceptors (Lipinski definition) is 3. The summed E-state index contributed by atoms with van der Waals surface area (Å²) in [4.78, 5) is 15.8. The lowest BCUT2D eigenvalue weighted by Gasteiger charge is -2.31. The minimum absolute atomic E-state index is 0.171. The molecule has 0 aliphatic carbocycles. The van der Waals surface area contributed by atoms with E-state index < -0.39 is 0 Å². The van der Waals surface area contributed by atoms with Crippen LogP contribution in [-0.2, 0) is 13.0 Å². The zero-order valence-electron chi connectivity index (χ0n) is 19.6. The van der Waals surface area contributed by atoms with E-state index in [1.54, 1.807) is 0 Å². The van der Waals surface area contributed by atoms with Gasteiger partial charge in [0.25, 0.3) is 0 Å². The van der Waals surface area contributed by atoms with E-state index in [0.29, 0.717) is 36.9 Å². The van der Waals surface area contributed by atoms with Crippen LogP contribution in [0.3, 0.4) is 0 Å². The molecule has 2 amide bonds. The number of ether oxygens (including phenoxy) is 2. The molecular weight excluding hydrogens is 438 g/mol. The zero-order chi connectivity index (χ0) is 23.8. The maximum Gasteiger partial charge on any atom is 0.322 e. The Balaban J connectivity index is 1.41. The van der Waals surface area contributed by atoms with E-state index in [1.807, 2.05) is 41.3 Å². The molecular formula is C29H27N3O3. The van der Waals surface area contributed by atoms with Gasteiger partial charge in [0.2, 0.25) is 0 Å². The van der Waals surface area contributed by atoms with E-state index in [2.05, 4.69) is 65.5 Å². The minimum Gasteiger partial charge on any atom is -0.486 e. The highest BCUT2D eigenvalue weighted by Crippen LogP contribution is 2.38. The predicted octanol–water partition coefficient (Wildman–Crippen LogP) is 5.95. The third kappa shape index (κ3) is 3.91. The first-order valence-corrected chi connectivity index (χ1v) is 12.0. The highest BCUT2D eigenvalue weighted by molar-refractivity contribution is 5.90. The topological polar surface area (TPSA) is 55.7 Å². The second-order valence-electron chi connectivity index (χ2n) is 8.85. The molecule has 176 valence electrons. The summed E-state index contributed by atoms with van der Waals surface area (Å²) in [5.74, 6) is 1.35. The Morgan fingerprint density at radius 1 is 0.943 bits per heavy atom. The average molecular weight is 466 g/mol. The van der Waals surface area contributed by atoms with Crippen LogP contribution in [0.2, 0.25) is 0 Å². The number of carbonyl (C=O) groups is 1. The molecule has 1 N–H and O–H groups in total. The Hall–Kier alpha value is -4.19. The number of rotatable bonds is 3. The van der Waals surface area contributed by atoms with Crippen LogP contribution < -0.4 is 14.8 Å². The Morgan fingerprint density at radius 2 is 1.74 bits per heavy atom. The molecule has 0 saturated carbocycles. The summed E-state index contributed by atoms with van der Waals surface area (Å²) >= 11 is 0. The van der Waals surface area contributed by atoms with Crippen molar-refractivity contribution in [1.82, 2.24) is 9.47 Å². The highest BCUT2D eigenvalue weighted by Gasteiger charge is 2.33. The summed E-state index contributed by atoms with van der Waals surface area (Å²) in [6, 6.07) is 26.1. The summed E-state index contributed by atoms with van der Waals surface area (Å²) < 4.78 is 13.5. The lowest BCUT2D eigenvalue weighted by Crippen LogP contribution is -2.38. The van der Waals surface area contributed by atoms with E-state index in [0.717, 1.165) is 28.9 Å². The maximum absolute atomic E-state index is 13.9. The van der Waals surface area contributed by atoms with Crippen LogP contribution in [-0.4, -0.2) is 28.7 Å². The molecule has 3 aromatic carbocycles. The first kappa shape index (κ1) is 21.4. The van der Waals surface area contributed by atoms with Crippen LogP contribution in [0.1, 0.15) is 35.3 Å². The number of nitrogens with one attached hydrogen (secondary N) is 1. The molecule has 6 rings (SSSR count). The second kappa shape index (κ2) is 8.87. The highest BCUT2D eigenvalue weighted by atomic mass is 16.6. The summed E-state index contributed by atoms with van der Waals surface area (Å²) in [6.07, 6.45) is 3.05. The van der Waals surface area contributed by atoms with Crippen molar-refractivity contribution in [2.75, 3.05) is 18.5 Å². The van der Waals surface area contributed by atoms with Crippen molar-refractivity contribution in [2.45, 2.75) is 25.9 Å². The zero-order valence-corrected chi connectivity index (χ0v) is 19.6. The van der Waals surface area contributed by atoms with Crippen molar-refractivity contribution in [1.29, 1.82) is 0 Å². The van der Waals surface area contributed by atoms with E-state index in [4.69, 9.17) is 9.47 Å². The average Bonchev–Trinajstić information content (AvgIpc) is 3.33. The van der Waals surface area contributed by atoms with Crippen molar-refractivity contribution in [3.63, 3.8) is 0 Å². The fourth-order valence-corrected chi connectivity index (χ4v) is 4.94. The number of fused-ring (bicyclic) bond motifs is 4.